The third-order valence-electron chi connectivity index (χ3n) is 7.33. The summed E-state index contributed by atoms with van der Waals surface area (Å²) in [4.78, 5) is 36.0. The molecule has 9 atom stereocenters. The van der Waals surface area contributed by atoms with Crippen LogP contribution in [0.25, 0.3) is 0 Å². The van der Waals surface area contributed by atoms with E-state index in [2.05, 4.69) is 0 Å². The van der Waals surface area contributed by atoms with Crippen molar-refractivity contribution in [2.24, 2.45) is 34.5 Å². The number of hydrogen-bond acceptors (Lipinski definition) is 7. The summed E-state index contributed by atoms with van der Waals surface area (Å²) in [6.45, 7) is 11.5. The summed E-state index contributed by atoms with van der Waals surface area (Å²) in [5.74, 6) is -2.37. The Morgan fingerprint density at radius 3 is 1.86 bits per heavy atom. The van der Waals surface area contributed by atoms with Crippen LogP contribution in [0.15, 0.2) is 0 Å². The lowest BCUT2D eigenvalue weighted by Crippen LogP contribution is -2.72. The van der Waals surface area contributed by atoms with Gasteiger partial charge in [-0.3, -0.25) is 14.4 Å². The van der Waals surface area contributed by atoms with Crippen LogP contribution < -0.4 is 0 Å². The van der Waals surface area contributed by atoms with Crippen molar-refractivity contribution in [1.82, 2.24) is 0 Å². The van der Waals surface area contributed by atoms with E-state index in [-0.39, 0.29) is 17.8 Å². The van der Waals surface area contributed by atoms with Crippen molar-refractivity contribution in [3.63, 3.8) is 0 Å². The van der Waals surface area contributed by atoms with E-state index in [0.717, 1.165) is 0 Å². The van der Waals surface area contributed by atoms with Gasteiger partial charge in [-0.1, -0.05) is 27.7 Å². The Balaban J connectivity index is 2.24. The highest BCUT2D eigenvalue weighted by Gasteiger charge is 2.78. The summed E-state index contributed by atoms with van der Waals surface area (Å²) in [5, 5.41) is 11.1. The Bertz CT molecular complexity index is 733. The molecule has 4 rings (SSSR count). The third-order valence-corrected chi connectivity index (χ3v) is 7.33. The molecule has 0 heterocycles. The molecule has 0 aromatic heterocycles. The molecule has 1 N–H and O–H groups in total. The Hall–Kier alpha value is -1.63. The fourth-order valence-corrected chi connectivity index (χ4v) is 6.66. The van der Waals surface area contributed by atoms with Crippen LogP contribution in [0.2, 0.25) is 0 Å². The van der Waals surface area contributed by atoms with Crippen LogP contribution in [0, 0.1) is 34.5 Å². The first-order chi connectivity index (χ1) is 13.2. The van der Waals surface area contributed by atoms with E-state index < -0.39 is 59.0 Å². The van der Waals surface area contributed by atoms with E-state index >= 15 is 0 Å². The van der Waals surface area contributed by atoms with Gasteiger partial charge in [0.2, 0.25) is 0 Å². The smallest absolute Gasteiger partial charge is 0.303 e. The molecule has 0 aromatic rings. The fourth-order valence-electron chi connectivity index (χ4n) is 6.66. The molecule has 158 valence electrons. The van der Waals surface area contributed by atoms with Gasteiger partial charge in [0.15, 0.2) is 6.10 Å². The number of carbonyl (C=O) groups excluding carboxylic acids is 3. The van der Waals surface area contributed by atoms with Gasteiger partial charge >= 0.3 is 17.9 Å². The van der Waals surface area contributed by atoms with Crippen LogP contribution in [-0.4, -0.2) is 47.4 Å². The summed E-state index contributed by atoms with van der Waals surface area (Å²) in [6, 6.07) is 0. The van der Waals surface area contributed by atoms with Crippen LogP contribution in [0.5, 0.6) is 0 Å². The van der Waals surface area contributed by atoms with E-state index in [1.165, 1.54) is 20.8 Å². The van der Waals surface area contributed by atoms with Crippen molar-refractivity contribution in [3.05, 3.63) is 0 Å². The molecule has 0 amide bonds. The van der Waals surface area contributed by atoms with E-state index in [0.29, 0.717) is 6.42 Å². The predicted molar refractivity (Wildman–Crippen MR) is 98.8 cm³/mol. The van der Waals surface area contributed by atoms with Crippen LogP contribution in [0.3, 0.4) is 0 Å². The first kappa shape index (κ1) is 19.7. The summed E-state index contributed by atoms with van der Waals surface area (Å²) in [7, 11) is 0. The minimum atomic E-state index is -1.73. The molecule has 4 fully saturated rings. The largest absolute Gasteiger partial charge is 0.458 e. The normalized spacial score (nSPS) is 49.0. The van der Waals surface area contributed by atoms with Gasteiger partial charge in [-0.15, -0.1) is 0 Å². The molecule has 0 aromatic carbocycles. The maximum Gasteiger partial charge on any atom is 0.303 e. The molecule has 28 heavy (non-hydrogen) atoms. The molecule has 0 saturated heterocycles. The highest BCUT2D eigenvalue weighted by Crippen LogP contribution is 2.74. The zero-order valence-electron chi connectivity index (χ0n) is 18.6. The predicted octanol–water partition coefficient (Wildman–Crippen LogP) is 2.09. The maximum absolute atomic E-state index is 12.0. The van der Waals surface area contributed by atoms with Crippen molar-refractivity contribution >= 4 is 17.9 Å². The van der Waals surface area contributed by atoms with Crippen molar-refractivity contribution in [3.8, 4) is 0 Å². The van der Waals surface area contributed by atoms with Gasteiger partial charge in [0.25, 0.3) is 0 Å². The number of rotatable bonds is 3. The highest BCUT2D eigenvalue weighted by molar-refractivity contribution is 5.68. The van der Waals surface area contributed by atoms with Crippen LogP contribution in [-0.2, 0) is 28.6 Å². The monoisotopic (exact) mass is 397 g/mol. The van der Waals surface area contributed by atoms with Crippen LogP contribution in [0.4, 0.5) is 0 Å². The lowest BCUT2D eigenvalue weighted by molar-refractivity contribution is -0.286. The van der Waals surface area contributed by atoms with Crippen molar-refractivity contribution in [1.29, 1.82) is 0 Å². The highest BCUT2D eigenvalue weighted by atomic mass is 16.6. The summed E-state index contributed by atoms with van der Waals surface area (Å²) in [5.41, 5.74) is -1.52. The Kier molecular flexibility index (Phi) is 4.72. The number of hydrogen-bond donors (Lipinski definition) is 1. The summed E-state index contributed by atoms with van der Waals surface area (Å²) >= 11 is 0. The Labute approximate surface area is 167 Å². The van der Waals surface area contributed by atoms with Gasteiger partial charge in [0.1, 0.15) is 12.2 Å². The van der Waals surface area contributed by atoms with Crippen LogP contribution >= 0.6 is 0 Å². The van der Waals surface area contributed by atoms with Crippen molar-refractivity contribution < 1.29 is 35.1 Å². The standard InChI is InChI=1S/C21H32O7/c1-9-8-13(25)15-16-14(9)21(15,7)19(28-12(4)24)17(26-10(2)22)18(20(16,5)6)27-11(3)23/h9,13-19,25H,8H2,1-7H3/t9-,13-,14+,15-,16+,17-,18-,19-,21-/m1/s1/i13D. The Morgan fingerprint density at radius 1 is 0.893 bits per heavy atom. The third kappa shape index (κ3) is 2.85. The second kappa shape index (κ2) is 6.71. The molecule has 0 unspecified atom stereocenters. The average Bonchev–Trinajstić information content (AvgIpc) is 2.58. The molecule has 7 heteroatoms. The Morgan fingerprint density at radius 2 is 1.39 bits per heavy atom. The molecule has 4 aliphatic carbocycles. The molecule has 0 spiro atoms. The quantitative estimate of drug-likeness (QED) is 0.575. The van der Waals surface area contributed by atoms with Crippen molar-refractivity contribution in [2.45, 2.75) is 79.3 Å². The molecule has 0 aliphatic heterocycles. The molecule has 4 bridgehead atoms. The number of aliphatic hydroxyl groups is 1. The van der Waals surface area contributed by atoms with E-state index in [9.17, 15) is 19.5 Å². The van der Waals surface area contributed by atoms with E-state index in [1.807, 2.05) is 27.7 Å². The summed E-state index contributed by atoms with van der Waals surface area (Å²) in [6.07, 6.45) is -4.27. The molecule has 4 aliphatic rings. The first-order valence-electron chi connectivity index (χ1n) is 10.4. The number of ether oxygens (including phenoxy) is 3. The lowest BCUT2D eigenvalue weighted by atomic mass is 9.35. The minimum absolute atomic E-state index is 0.0103. The average molecular weight is 397 g/mol. The maximum atomic E-state index is 12.0. The van der Waals surface area contributed by atoms with Gasteiger partial charge in [-0.05, 0) is 30.1 Å². The lowest BCUT2D eigenvalue weighted by Gasteiger charge is -2.70. The van der Waals surface area contributed by atoms with Gasteiger partial charge in [-0.2, -0.15) is 0 Å². The zero-order chi connectivity index (χ0) is 22.1. The second-order valence-corrected chi connectivity index (χ2v) is 9.52. The SMILES string of the molecule is [2H][C@@]1(O)C[C@@H](C)[C@H]2[C@H]3[C@@H]1[C@]2(C)[C@H](OC(C)=O)[C@H](OC(C)=O)[C@@H](OC(C)=O)C3(C)C. The number of carbonyl (C=O) groups is 3. The molecule has 0 radical (unpaired) electrons. The van der Waals surface area contributed by atoms with Crippen molar-refractivity contribution in [2.75, 3.05) is 0 Å². The van der Waals surface area contributed by atoms with Gasteiger partial charge in [0, 0.05) is 31.6 Å². The van der Waals surface area contributed by atoms with Gasteiger partial charge in [0.05, 0.1) is 7.45 Å². The summed E-state index contributed by atoms with van der Waals surface area (Å²) < 4.78 is 25.7. The molecule has 4 saturated carbocycles. The fraction of sp³-hybridized carbons (Fsp3) is 0.857. The topological polar surface area (TPSA) is 99.1 Å². The molecular weight excluding hydrogens is 364 g/mol. The first-order valence-corrected chi connectivity index (χ1v) is 9.89. The number of fused-ring (bicyclic) bond motifs is 2. The van der Waals surface area contributed by atoms with Gasteiger partial charge < -0.3 is 19.3 Å². The van der Waals surface area contributed by atoms with Gasteiger partial charge in [-0.25, -0.2) is 0 Å². The van der Waals surface area contributed by atoms with E-state index in [1.54, 1.807) is 0 Å². The zero-order valence-corrected chi connectivity index (χ0v) is 17.6. The van der Waals surface area contributed by atoms with E-state index in [4.69, 9.17) is 15.6 Å². The minimum Gasteiger partial charge on any atom is -0.458 e. The molecular formula is C21H32O7. The second-order valence-electron chi connectivity index (χ2n) is 9.52. The number of esters is 3. The van der Waals surface area contributed by atoms with Crippen LogP contribution in [0.1, 0.15) is 56.3 Å². The molecule has 7 nitrogen and oxygen atoms in total.